The monoisotopic (exact) mass is 541 g/mol. The number of ether oxygens (including phenoxy) is 3. The number of methoxy groups -OCH3 is 1. The van der Waals surface area contributed by atoms with Crippen LogP contribution in [0, 0.1) is 0 Å². The van der Waals surface area contributed by atoms with Gasteiger partial charge in [0, 0.05) is 4.47 Å². The number of esters is 1. The first kappa shape index (κ1) is 23.6. The molecule has 0 N–H and O–H groups in total. The number of nitrogens with zero attached hydrogens (tertiary/aromatic N) is 1. The first-order chi connectivity index (χ1) is 14.8. The van der Waals surface area contributed by atoms with Crippen LogP contribution in [-0.2, 0) is 14.3 Å². The predicted octanol–water partition coefficient (Wildman–Crippen LogP) is 5.46. The maximum Gasteiger partial charge on any atom is 0.344 e. The molecule has 2 aromatic rings. The van der Waals surface area contributed by atoms with E-state index in [4.69, 9.17) is 38.0 Å². The summed E-state index contributed by atoms with van der Waals surface area (Å²) < 4.78 is 16.9. The SMILES string of the molecule is CCOC(=O)COc1c(Cl)cc(/C=C2\SC(=S)N(c3cccc(Br)c3)C2=O)cc1OC. The normalized spacial score (nSPS) is 14.8. The third kappa shape index (κ3) is 5.60. The van der Waals surface area contributed by atoms with Crippen LogP contribution in [0.3, 0.4) is 0 Å². The van der Waals surface area contributed by atoms with Gasteiger partial charge < -0.3 is 14.2 Å². The minimum Gasteiger partial charge on any atom is -0.493 e. The number of carbonyl (C=O) groups is 2. The second-order valence-electron chi connectivity index (χ2n) is 6.12. The molecule has 1 saturated heterocycles. The molecule has 1 fully saturated rings. The molecule has 0 bridgehead atoms. The second kappa shape index (κ2) is 10.5. The molecule has 1 aliphatic heterocycles. The van der Waals surface area contributed by atoms with E-state index >= 15 is 0 Å². The molecule has 0 spiro atoms. The summed E-state index contributed by atoms with van der Waals surface area (Å²) in [5, 5.41) is 0.234. The van der Waals surface area contributed by atoms with Crippen LogP contribution in [0.1, 0.15) is 12.5 Å². The zero-order valence-corrected chi connectivity index (χ0v) is 20.5. The molecule has 31 heavy (non-hydrogen) atoms. The number of hydrogen-bond acceptors (Lipinski definition) is 7. The summed E-state index contributed by atoms with van der Waals surface area (Å²) in [4.78, 5) is 26.5. The first-order valence-electron chi connectivity index (χ1n) is 9.03. The van der Waals surface area contributed by atoms with E-state index in [9.17, 15) is 9.59 Å². The van der Waals surface area contributed by atoms with Crippen molar-refractivity contribution in [2.24, 2.45) is 0 Å². The summed E-state index contributed by atoms with van der Waals surface area (Å²) in [5.74, 6) is -0.201. The Hall–Kier alpha value is -2.07. The van der Waals surface area contributed by atoms with Crippen LogP contribution < -0.4 is 14.4 Å². The molecule has 1 aliphatic rings. The van der Waals surface area contributed by atoms with Crippen LogP contribution in [0.25, 0.3) is 6.08 Å². The Morgan fingerprint density at radius 2 is 2.10 bits per heavy atom. The molecule has 1 heterocycles. The molecule has 0 aromatic heterocycles. The number of halogens is 2. The van der Waals surface area contributed by atoms with Crippen molar-refractivity contribution in [2.75, 3.05) is 25.2 Å². The highest BCUT2D eigenvalue weighted by Gasteiger charge is 2.33. The van der Waals surface area contributed by atoms with Gasteiger partial charge in [0.1, 0.15) is 0 Å². The van der Waals surface area contributed by atoms with Gasteiger partial charge in [-0.25, -0.2) is 4.79 Å². The lowest BCUT2D eigenvalue weighted by molar-refractivity contribution is -0.145. The highest BCUT2D eigenvalue weighted by atomic mass is 79.9. The van der Waals surface area contributed by atoms with E-state index in [2.05, 4.69) is 15.9 Å². The fourth-order valence-corrected chi connectivity index (χ4v) is 4.71. The maximum atomic E-state index is 13.0. The Bertz CT molecular complexity index is 1080. The van der Waals surface area contributed by atoms with Crippen molar-refractivity contribution < 1.29 is 23.8 Å². The summed E-state index contributed by atoms with van der Waals surface area (Å²) in [5.41, 5.74) is 1.30. The fraction of sp³-hybridized carbons (Fsp3) is 0.190. The number of hydrogen-bond donors (Lipinski definition) is 0. The molecule has 0 unspecified atom stereocenters. The molecule has 2 aromatic carbocycles. The summed E-state index contributed by atoms with van der Waals surface area (Å²) in [7, 11) is 1.46. The van der Waals surface area contributed by atoms with Gasteiger partial charge in [-0.1, -0.05) is 57.6 Å². The minimum absolute atomic E-state index is 0.219. The van der Waals surface area contributed by atoms with Gasteiger partial charge in [0.2, 0.25) is 0 Å². The summed E-state index contributed by atoms with van der Waals surface area (Å²) in [6, 6.07) is 10.6. The van der Waals surface area contributed by atoms with Gasteiger partial charge in [-0.05, 0) is 48.9 Å². The van der Waals surface area contributed by atoms with Crippen LogP contribution in [0.2, 0.25) is 5.02 Å². The van der Waals surface area contributed by atoms with Crippen molar-refractivity contribution in [1.29, 1.82) is 0 Å². The van der Waals surface area contributed by atoms with E-state index in [1.807, 2.05) is 24.3 Å². The number of thiocarbonyl (C=S) groups is 1. The highest BCUT2D eigenvalue weighted by molar-refractivity contribution is 9.10. The van der Waals surface area contributed by atoms with Gasteiger partial charge in [0.05, 0.1) is 29.3 Å². The van der Waals surface area contributed by atoms with Crippen molar-refractivity contribution in [2.45, 2.75) is 6.92 Å². The van der Waals surface area contributed by atoms with Crippen LogP contribution in [0.4, 0.5) is 5.69 Å². The van der Waals surface area contributed by atoms with Crippen LogP contribution in [0.5, 0.6) is 11.5 Å². The third-order valence-electron chi connectivity index (χ3n) is 4.05. The number of anilines is 1. The molecule has 0 aliphatic carbocycles. The molecule has 1 amide bonds. The van der Waals surface area contributed by atoms with E-state index in [1.165, 1.54) is 23.8 Å². The number of thioether (sulfide) groups is 1. The molecule has 0 radical (unpaired) electrons. The number of benzene rings is 2. The van der Waals surface area contributed by atoms with Crippen molar-refractivity contribution in [3.8, 4) is 11.5 Å². The molecule has 10 heteroatoms. The molecule has 0 atom stereocenters. The maximum absolute atomic E-state index is 13.0. The average Bonchev–Trinajstić information content (AvgIpc) is 3.00. The van der Waals surface area contributed by atoms with Gasteiger partial charge in [-0.3, -0.25) is 9.69 Å². The van der Waals surface area contributed by atoms with Gasteiger partial charge in [0.15, 0.2) is 22.4 Å². The Kier molecular flexibility index (Phi) is 7.99. The molecule has 6 nitrogen and oxygen atoms in total. The summed E-state index contributed by atoms with van der Waals surface area (Å²) >= 11 is 16.4. The average molecular weight is 543 g/mol. The Morgan fingerprint density at radius 3 is 2.77 bits per heavy atom. The van der Waals surface area contributed by atoms with Crippen molar-refractivity contribution >= 4 is 79.5 Å². The lowest BCUT2D eigenvalue weighted by Gasteiger charge is -2.14. The summed E-state index contributed by atoms with van der Waals surface area (Å²) in [6.45, 7) is 1.66. The number of amides is 1. The predicted molar refractivity (Wildman–Crippen MR) is 130 cm³/mol. The topological polar surface area (TPSA) is 65.1 Å². The zero-order valence-electron chi connectivity index (χ0n) is 16.5. The zero-order chi connectivity index (χ0) is 22.5. The van der Waals surface area contributed by atoms with Gasteiger partial charge in [-0.15, -0.1) is 0 Å². The van der Waals surface area contributed by atoms with E-state index in [0.717, 1.165) is 4.47 Å². The number of carbonyl (C=O) groups excluding carboxylic acids is 2. The Labute approximate surface area is 202 Å². The third-order valence-corrected chi connectivity index (χ3v) is 6.13. The van der Waals surface area contributed by atoms with Crippen LogP contribution >= 0.6 is 51.5 Å². The van der Waals surface area contributed by atoms with E-state index in [0.29, 0.717) is 26.2 Å². The van der Waals surface area contributed by atoms with Crippen molar-refractivity contribution in [3.05, 3.63) is 56.4 Å². The van der Waals surface area contributed by atoms with Crippen LogP contribution in [-0.4, -0.2) is 36.5 Å². The Morgan fingerprint density at radius 1 is 1.32 bits per heavy atom. The smallest absolute Gasteiger partial charge is 0.344 e. The van der Waals surface area contributed by atoms with Gasteiger partial charge in [-0.2, -0.15) is 0 Å². The lowest BCUT2D eigenvalue weighted by Crippen LogP contribution is -2.27. The standard InChI is InChI=1S/C21H17BrClNO5S2/c1-3-28-18(25)11-29-19-15(23)7-12(8-16(19)27-2)9-17-20(26)24(21(30)31-17)14-6-4-5-13(22)10-14/h4-10H,3,11H2,1-2H3/b17-9-. The number of rotatable bonds is 7. The largest absolute Gasteiger partial charge is 0.493 e. The molecule has 162 valence electrons. The van der Waals surface area contributed by atoms with Gasteiger partial charge >= 0.3 is 5.97 Å². The second-order valence-corrected chi connectivity index (χ2v) is 9.12. The van der Waals surface area contributed by atoms with Gasteiger partial charge in [0.25, 0.3) is 5.91 Å². The van der Waals surface area contributed by atoms with E-state index in [1.54, 1.807) is 25.1 Å². The van der Waals surface area contributed by atoms with Crippen molar-refractivity contribution in [1.82, 2.24) is 0 Å². The Balaban J connectivity index is 1.86. The quantitative estimate of drug-likeness (QED) is 0.262. The van der Waals surface area contributed by atoms with E-state index in [-0.39, 0.29) is 29.9 Å². The summed E-state index contributed by atoms with van der Waals surface area (Å²) in [6.07, 6.45) is 1.68. The lowest BCUT2D eigenvalue weighted by atomic mass is 10.1. The van der Waals surface area contributed by atoms with Crippen molar-refractivity contribution in [3.63, 3.8) is 0 Å². The molecule has 0 saturated carbocycles. The van der Waals surface area contributed by atoms with Crippen LogP contribution in [0.15, 0.2) is 45.8 Å². The molecular weight excluding hydrogens is 526 g/mol. The molecule has 3 rings (SSSR count). The first-order valence-corrected chi connectivity index (χ1v) is 11.4. The highest BCUT2D eigenvalue weighted by Crippen LogP contribution is 2.40. The fourth-order valence-electron chi connectivity index (χ4n) is 2.75. The minimum atomic E-state index is -0.513. The van der Waals surface area contributed by atoms with E-state index < -0.39 is 5.97 Å². The molecular formula is C21H17BrClNO5S2.